The normalized spacial score (nSPS) is 16.3. The van der Waals surface area contributed by atoms with Crippen molar-refractivity contribution in [2.75, 3.05) is 19.8 Å². The van der Waals surface area contributed by atoms with Crippen molar-refractivity contribution in [2.24, 2.45) is 11.8 Å². The van der Waals surface area contributed by atoms with Gasteiger partial charge in [-0.2, -0.15) is 0 Å². The van der Waals surface area contributed by atoms with E-state index in [1.807, 2.05) is 12.1 Å². The zero-order valence-electron chi connectivity index (χ0n) is 10.9. The lowest BCUT2D eigenvalue weighted by Gasteiger charge is -2.21. The highest BCUT2D eigenvalue weighted by Gasteiger charge is 2.13. The average Bonchev–Trinajstić information content (AvgIpc) is 2.48. The fourth-order valence-corrected chi connectivity index (χ4v) is 2.09. The first-order chi connectivity index (χ1) is 9.29. The van der Waals surface area contributed by atoms with E-state index in [1.54, 1.807) is 12.1 Å². The van der Waals surface area contributed by atoms with E-state index in [4.69, 9.17) is 15.3 Å². The van der Waals surface area contributed by atoms with E-state index >= 15 is 0 Å². The molecule has 1 aliphatic heterocycles. The number of hydrogen-bond donors (Lipinski definition) is 2. The van der Waals surface area contributed by atoms with Gasteiger partial charge < -0.3 is 9.47 Å². The van der Waals surface area contributed by atoms with Gasteiger partial charge in [0.15, 0.2) is 0 Å². The van der Waals surface area contributed by atoms with Crippen molar-refractivity contribution in [1.82, 2.24) is 5.43 Å². The van der Waals surface area contributed by atoms with Crippen molar-refractivity contribution in [2.45, 2.75) is 19.4 Å². The minimum Gasteiger partial charge on any atom is -0.381 e. The number of nitrogens with two attached hydrogens (primary N) is 1. The first-order valence-corrected chi connectivity index (χ1v) is 6.55. The maximum absolute atomic E-state index is 11.3. The molecule has 5 nitrogen and oxygen atoms in total. The largest absolute Gasteiger partial charge is 0.381 e. The van der Waals surface area contributed by atoms with Crippen molar-refractivity contribution in [3.8, 4) is 0 Å². The Balaban J connectivity index is 1.75. The highest BCUT2D eigenvalue weighted by Crippen LogP contribution is 2.15. The number of nitrogens with one attached hydrogen (secondary N) is 1. The van der Waals surface area contributed by atoms with E-state index in [9.17, 15) is 4.79 Å². The SMILES string of the molecule is NNC(=O)c1ccc(COCC2CCOCC2)cc1. The molecule has 1 fully saturated rings. The molecule has 1 amide bonds. The molecule has 0 radical (unpaired) electrons. The van der Waals surface area contributed by atoms with Crippen LogP contribution in [0.5, 0.6) is 0 Å². The lowest BCUT2D eigenvalue weighted by molar-refractivity contribution is 0.0157. The van der Waals surface area contributed by atoms with Crippen LogP contribution in [0.15, 0.2) is 24.3 Å². The minimum atomic E-state index is -0.283. The summed E-state index contributed by atoms with van der Waals surface area (Å²) in [6, 6.07) is 7.26. The van der Waals surface area contributed by atoms with Gasteiger partial charge in [-0.1, -0.05) is 12.1 Å². The standard InChI is InChI=1S/C14H20N2O3/c15-16-14(17)13-3-1-11(2-4-13)9-19-10-12-5-7-18-8-6-12/h1-4,12H,5-10,15H2,(H,16,17). The molecule has 0 unspecified atom stereocenters. The first kappa shape index (κ1) is 14.0. The predicted octanol–water partition coefficient (Wildman–Crippen LogP) is 1.23. The highest BCUT2D eigenvalue weighted by atomic mass is 16.5. The molecular weight excluding hydrogens is 244 g/mol. The van der Waals surface area contributed by atoms with Gasteiger partial charge in [0.05, 0.1) is 13.2 Å². The summed E-state index contributed by atoms with van der Waals surface area (Å²) in [5.41, 5.74) is 3.71. The number of amides is 1. The van der Waals surface area contributed by atoms with Gasteiger partial charge in [-0.05, 0) is 36.5 Å². The van der Waals surface area contributed by atoms with Crippen molar-refractivity contribution in [3.63, 3.8) is 0 Å². The van der Waals surface area contributed by atoms with Gasteiger partial charge in [0.2, 0.25) is 0 Å². The summed E-state index contributed by atoms with van der Waals surface area (Å²) < 4.78 is 11.0. The van der Waals surface area contributed by atoms with Crippen LogP contribution in [0.1, 0.15) is 28.8 Å². The molecule has 19 heavy (non-hydrogen) atoms. The number of nitrogen functional groups attached to an aromatic ring is 1. The van der Waals surface area contributed by atoms with Crippen LogP contribution in [0, 0.1) is 5.92 Å². The Morgan fingerprint density at radius 3 is 2.63 bits per heavy atom. The molecule has 3 N–H and O–H groups in total. The van der Waals surface area contributed by atoms with E-state index in [2.05, 4.69) is 5.43 Å². The molecule has 0 bridgehead atoms. The van der Waals surface area contributed by atoms with Gasteiger partial charge in [0.25, 0.3) is 5.91 Å². The second kappa shape index (κ2) is 7.23. The monoisotopic (exact) mass is 264 g/mol. The topological polar surface area (TPSA) is 73.6 Å². The number of rotatable bonds is 5. The summed E-state index contributed by atoms with van der Waals surface area (Å²) in [7, 11) is 0. The molecule has 1 heterocycles. The summed E-state index contributed by atoms with van der Waals surface area (Å²) >= 11 is 0. The zero-order valence-corrected chi connectivity index (χ0v) is 10.9. The molecule has 1 saturated heterocycles. The molecule has 104 valence electrons. The zero-order chi connectivity index (χ0) is 13.5. The van der Waals surface area contributed by atoms with E-state index in [0.717, 1.165) is 38.2 Å². The van der Waals surface area contributed by atoms with Gasteiger partial charge in [-0.25, -0.2) is 5.84 Å². The second-order valence-corrected chi connectivity index (χ2v) is 4.74. The summed E-state index contributed by atoms with van der Waals surface area (Å²) in [5, 5.41) is 0. The first-order valence-electron chi connectivity index (χ1n) is 6.55. The third-order valence-electron chi connectivity index (χ3n) is 3.31. The summed E-state index contributed by atoms with van der Waals surface area (Å²) in [6.07, 6.45) is 2.16. The molecule has 0 aromatic heterocycles. The van der Waals surface area contributed by atoms with Crippen molar-refractivity contribution in [1.29, 1.82) is 0 Å². The van der Waals surface area contributed by atoms with Crippen LogP contribution in [-0.4, -0.2) is 25.7 Å². The van der Waals surface area contributed by atoms with Crippen molar-refractivity contribution >= 4 is 5.91 Å². The number of ether oxygens (including phenoxy) is 2. The predicted molar refractivity (Wildman–Crippen MR) is 71.3 cm³/mol. The third-order valence-corrected chi connectivity index (χ3v) is 3.31. The van der Waals surface area contributed by atoms with Crippen LogP contribution in [0.2, 0.25) is 0 Å². The third kappa shape index (κ3) is 4.31. The van der Waals surface area contributed by atoms with Crippen LogP contribution < -0.4 is 11.3 Å². The maximum Gasteiger partial charge on any atom is 0.265 e. The van der Waals surface area contributed by atoms with E-state index < -0.39 is 0 Å². The Labute approximate surface area is 113 Å². The second-order valence-electron chi connectivity index (χ2n) is 4.74. The van der Waals surface area contributed by atoms with E-state index in [1.165, 1.54) is 0 Å². The van der Waals surface area contributed by atoms with Gasteiger partial charge in [-0.3, -0.25) is 10.2 Å². The molecule has 1 aliphatic rings. The molecule has 0 saturated carbocycles. The summed E-state index contributed by atoms with van der Waals surface area (Å²) in [6.45, 7) is 3.03. The molecule has 1 aromatic rings. The van der Waals surface area contributed by atoms with E-state index in [-0.39, 0.29) is 5.91 Å². The van der Waals surface area contributed by atoms with Gasteiger partial charge in [-0.15, -0.1) is 0 Å². The number of hydrogen-bond acceptors (Lipinski definition) is 4. The fourth-order valence-electron chi connectivity index (χ4n) is 2.09. The molecule has 0 spiro atoms. The van der Waals surface area contributed by atoms with Crippen LogP contribution in [-0.2, 0) is 16.1 Å². The van der Waals surface area contributed by atoms with Crippen molar-refractivity contribution in [3.05, 3.63) is 35.4 Å². The average molecular weight is 264 g/mol. The summed E-state index contributed by atoms with van der Waals surface area (Å²) in [5.74, 6) is 5.40. The lowest BCUT2D eigenvalue weighted by Crippen LogP contribution is -2.29. The van der Waals surface area contributed by atoms with Crippen molar-refractivity contribution < 1.29 is 14.3 Å². The Morgan fingerprint density at radius 2 is 2.00 bits per heavy atom. The Hall–Kier alpha value is -1.43. The Bertz CT molecular complexity index is 400. The quantitative estimate of drug-likeness (QED) is 0.476. The van der Waals surface area contributed by atoms with Crippen LogP contribution in [0.25, 0.3) is 0 Å². The highest BCUT2D eigenvalue weighted by molar-refractivity contribution is 5.93. The smallest absolute Gasteiger partial charge is 0.265 e. The summed E-state index contributed by atoms with van der Waals surface area (Å²) in [4.78, 5) is 11.3. The van der Waals surface area contributed by atoms with Gasteiger partial charge >= 0.3 is 0 Å². The Kier molecular flexibility index (Phi) is 5.32. The molecule has 1 aromatic carbocycles. The molecular formula is C14H20N2O3. The van der Waals surface area contributed by atoms with Crippen LogP contribution in [0.4, 0.5) is 0 Å². The van der Waals surface area contributed by atoms with Crippen LogP contribution in [0.3, 0.4) is 0 Å². The maximum atomic E-state index is 11.3. The molecule has 2 rings (SSSR count). The van der Waals surface area contributed by atoms with Crippen LogP contribution >= 0.6 is 0 Å². The number of hydrazine groups is 1. The number of carbonyl (C=O) groups excluding carboxylic acids is 1. The number of benzene rings is 1. The fraction of sp³-hybridized carbons (Fsp3) is 0.500. The van der Waals surface area contributed by atoms with Gasteiger partial charge in [0, 0.05) is 18.8 Å². The van der Waals surface area contributed by atoms with Gasteiger partial charge in [0.1, 0.15) is 0 Å². The molecule has 0 atom stereocenters. The number of carbonyl (C=O) groups is 1. The minimum absolute atomic E-state index is 0.283. The van der Waals surface area contributed by atoms with E-state index in [0.29, 0.717) is 18.1 Å². The molecule has 5 heteroatoms. The molecule has 0 aliphatic carbocycles. The Morgan fingerprint density at radius 1 is 1.32 bits per heavy atom. The lowest BCUT2D eigenvalue weighted by atomic mass is 10.0.